The topological polar surface area (TPSA) is 56.5 Å². The highest BCUT2D eigenvalue weighted by molar-refractivity contribution is 9.10. The minimum atomic E-state index is -0.416. The van der Waals surface area contributed by atoms with Gasteiger partial charge in [0.15, 0.2) is 10.8 Å². The molecule has 7 heteroatoms. The van der Waals surface area contributed by atoms with E-state index < -0.39 is 5.41 Å². The third-order valence-electron chi connectivity index (χ3n) is 3.32. The maximum absolute atomic E-state index is 12.3. The van der Waals surface area contributed by atoms with Crippen LogP contribution in [-0.2, 0) is 17.9 Å². The molecule has 25 heavy (non-hydrogen) atoms. The smallest absolute Gasteiger partial charge is 0.203 e. The number of aromatic nitrogens is 2. The van der Waals surface area contributed by atoms with E-state index in [0.717, 1.165) is 15.2 Å². The SMILES string of the molecule is C=CCN=c1sc(COc2ccc(Br)cc2)nn1CC(=O)C(C)(C)C. The van der Waals surface area contributed by atoms with Crippen LogP contribution < -0.4 is 9.54 Å². The zero-order valence-electron chi connectivity index (χ0n) is 14.7. The Hall–Kier alpha value is -1.73. The van der Waals surface area contributed by atoms with Crippen molar-refractivity contribution in [1.82, 2.24) is 9.78 Å². The number of carbonyl (C=O) groups is 1. The molecule has 1 aromatic heterocycles. The van der Waals surface area contributed by atoms with Crippen molar-refractivity contribution in [3.05, 3.63) is 51.2 Å². The van der Waals surface area contributed by atoms with Gasteiger partial charge in [-0.2, -0.15) is 5.10 Å². The van der Waals surface area contributed by atoms with Crippen molar-refractivity contribution in [2.45, 2.75) is 33.9 Å². The summed E-state index contributed by atoms with van der Waals surface area (Å²) < 4.78 is 8.41. The summed E-state index contributed by atoms with van der Waals surface area (Å²) in [5, 5.41) is 5.27. The van der Waals surface area contributed by atoms with Crippen molar-refractivity contribution >= 4 is 33.0 Å². The Bertz CT molecular complexity index is 801. The minimum Gasteiger partial charge on any atom is -0.486 e. The summed E-state index contributed by atoms with van der Waals surface area (Å²) in [7, 11) is 0. The zero-order chi connectivity index (χ0) is 18.4. The van der Waals surface area contributed by atoms with E-state index in [1.165, 1.54) is 11.3 Å². The predicted molar refractivity (Wildman–Crippen MR) is 104 cm³/mol. The summed E-state index contributed by atoms with van der Waals surface area (Å²) >= 11 is 4.82. The number of hydrogen-bond donors (Lipinski definition) is 0. The van der Waals surface area contributed by atoms with E-state index in [-0.39, 0.29) is 12.3 Å². The van der Waals surface area contributed by atoms with Crippen molar-refractivity contribution in [2.75, 3.05) is 6.54 Å². The lowest BCUT2D eigenvalue weighted by molar-refractivity contribution is -0.127. The largest absolute Gasteiger partial charge is 0.486 e. The Balaban J connectivity index is 2.17. The molecule has 0 N–H and O–H groups in total. The van der Waals surface area contributed by atoms with Crippen LogP contribution in [0.15, 0.2) is 46.4 Å². The molecule has 5 nitrogen and oxygen atoms in total. The summed E-state index contributed by atoms with van der Waals surface area (Å²) in [5.41, 5.74) is -0.416. The molecule has 0 saturated carbocycles. The molecule has 2 rings (SSSR count). The predicted octanol–water partition coefficient (Wildman–Crippen LogP) is 3.99. The van der Waals surface area contributed by atoms with E-state index in [1.54, 1.807) is 10.8 Å². The molecule has 0 aliphatic rings. The normalized spacial score (nSPS) is 12.2. The molecular formula is C18H22BrN3O2S. The molecule has 0 bridgehead atoms. The van der Waals surface area contributed by atoms with Gasteiger partial charge in [0.25, 0.3) is 0 Å². The van der Waals surface area contributed by atoms with Crippen molar-refractivity contribution in [3.8, 4) is 5.75 Å². The third-order valence-corrected chi connectivity index (χ3v) is 4.81. The first kappa shape index (κ1) is 19.6. The molecule has 0 unspecified atom stereocenters. The molecule has 134 valence electrons. The van der Waals surface area contributed by atoms with E-state index in [0.29, 0.717) is 18.0 Å². The number of ketones is 1. The van der Waals surface area contributed by atoms with Gasteiger partial charge >= 0.3 is 0 Å². The second kappa shape index (κ2) is 8.58. The number of Topliss-reactive ketones (excluding diaryl/α,β-unsaturated/α-hetero) is 1. The van der Waals surface area contributed by atoms with Crippen molar-refractivity contribution in [3.63, 3.8) is 0 Å². The van der Waals surface area contributed by atoms with Crippen LogP contribution in [-0.4, -0.2) is 22.1 Å². The van der Waals surface area contributed by atoms with Crippen LogP contribution in [0.3, 0.4) is 0 Å². The fraction of sp³-hybridized carbons (Fsp3) is 0.389. The van der Waals surface area contributed by atoms with Crippen LogP contribution in [0.25, 0.3) is 0 Å². The van der Waals surface area contributed by atoms with Gasteiger partial charge in [-0.15, -0.1) is 6.58 Å². The second-order valence-electron chi connectivity index (χ2n) is 6.48. The maximum Gasteiger partial charge on any atom is 0.203 e. The third kappa shape index (κ3) is 5.93. The molecular weight excluding hydrogens is 402 g/mol. The Morgan fingerprint density at radius 2 is 2.08 bits per heavy atom. The summed E-state index contributed by atoms with van der Waals surface area (Å²) in [5.74, 6) is 0.874. The number of nitrogens with zero attached hydrogens (tertiary/aromatic N) is 3. The van der Waals surface area contributed by atoms with Crippen molar-refractivity contribution in [2.24, 2.45) is 10.4 Å². The lowest BCUT2D eigenvalue weighted by Crippen LogP contribution is -2.30. The van der Waals surface area contributed by atoms with Crippen LogP contribution in [0.4, 0.5) is 0 Å². The number of rotatable bonds is 7. The molecule has 2 aromatic rings. The fourth-order valence-electron chi connectivity index (χ4n) is 1.82. The molecule has 0 aliphatic heterocycles. The fourth-order valence-corrected chi connectivity index (χ4v) is 2.90. The molecule has 1 aromatic carbocycles. The monoisotopic (exact) mass is 423 g/mol. The molecule has 0 aliphatic carbocycles. The average Bonchev–Trinajstić information content (AvgIpc) is 2.93. The lowest BCUT2D eigenvalue weighted by Gasteiger charge is -2.16. The van der Waals surface area contributed by atoms with Gasteiger partial charge in [-0.3, -0.25) is 9.79 Å². The summed E-state index contributed by atoms with van der Waals surface area (Å²) in [4.78, 5) is 17.5. The number of ether oxygens (including phenoxy) is 1. The zero-order valence-corrected chi connectivity index (χ0v) is 17.1. The average molecular weight is 424 g/mol. The standard InChI is InChI=1S/C18H22BrN3O2S/c1-5-10-20-17-22(11-15(23)18(2,3)4)21-16(25-17)12-24-14-8-6-13(19)7-9-14/h5-9H,1,10-12H2,2-4H3. The first-order valence-corrected chi connectivity index (χ1v) is 9.50. The quantitative estimate of drug-likeness (QED) is 0.632. The second-order valence-corrected chi connectivity index (χ2v) is 8.44. The van der Waals surface area contributed by atoms with E-state index >= 15 is 0 Å². The van der Waals surface area contributed by atoms with Gasteiger partial charge in [-0.05, 0) is 24.3 Å². The van der Waals surface area contributed by atoms with Gasteiger partial charge in [0, 0.05) is 9.89 Å². The Morgan fingerprint density at radius 3 is 2.68 bits per heavy atom. The molecule has 0 spiro atoms. The van der Waals surface area contributed by atoms with Crippen molar-refractivity contribution in [1.29, 1.82) is 0 Å². The summed E-state index contributed by atoms with van der Waals surface area (Å²) in [6, 6.07) is 7.62. The molecule has 0 atom stereocenters. The van der Waals surface area contributed by atoms with E-state index in [9.17, 15) is 4.79 Å². The number of halogens is 1. The number of carbonyl (C=O) groups excluding carboxylic acids is 1. The van der Waals surface area contributed by atoms with Crippen LogP contribution in [0.2, 0.25) is 0 Å². The highest BCUT2D eigenvalue weighted by Crippen LogP contribution is 2.18. The molecule has 0 radical (unpaired) electrons. The van der Waals surface area contributed by atoms with E-state index in [4.69, 9.17) is 4.74 Å². The lowest BCUT2D eigenvalue weighted by atomic mass is 9.91. The Labute approximate surface area is 160 Å². The molecule has 1 heterocycles. The van der Waals surface area contributed by atoms with Gasteiger partial charge < -0.3 is 4.74 Å². The van der Waals surface area contributed by atoms with E-state index in [1.807, 2.05) is 45.0 Å². The summed E-state index contributed by atoms with van der Waals surface area (Å²) in [6.45, 7) is 10.4. The van der Waals surface area contributed by atoms with Crippen LogP contribution in [0.1, 0.15) is 25.8 Å². The number of hydrogen-bond acceptors (Lipinski definition) is 5. The van der Waals surface area contributed by atoms with Gasteiger partial charge in [0.2, 0.25) is 4.80 Å². The van der Waals surface area contributed by atoms with Gasteiger partial charge in [0.1, 0.15) is 18.9 Å². The number of benzene rings is 1. The first-order chi connectivity index (χ1) is 11.8. The Morgan fingerprint density at radius 1 is 1.40 bits per heavy atom. The molecule has 0 amide bonds. The highest BCUT2D eigenvalue weighted by atomic mass is 79.9. The van der Waals surface area contributed by atoms with Crippen LogP contribution >= 0.6 is 27.3 Å². The van der Waals surface area contributed by atoms with Crippen molar-refractivity contribution < 1.29 is 9.53 Å². The van der Waals surface area contributed by atoms with Crippen LogP contribution in [0.5, 0.6) is 5.75 Å². The molecule has 0 saturated heterocycles. The maximum atomic E-state index is 12.3. The molecule has 0 fully saturated rings. The Kier molecular flexibility index (Phi) is 6.72. The summed E-state index contributed by atoms with van der Waals surface area (Å²) in [6.07, 6.45) is 1.72. The minimum absolute atomic E-state index is 0.109. The van der Waals surface area contributed by atoms with Gasteiger partial charge in [0.05, 0.1) is 6.54 Å². The van der Waals surface area contributed by atoms with Crippen LogP contribution in [0, 0.1) is 5.41 Å². The van der Waals surface area contributed by atoms with Gasteiger partial charge in [-0.1, -0.05) is 54.1 Å². The highest BCUT2D eigenvalue weighted by Gasteiger charge is 2.22. The first-order valence-electron chi connectivity index (χ1n) is 7.89. The van der Waals surface area contributed by atoms with Gasteiger partial charge in [-0.25, -0.2) is 4.68 Å². The van der Waals surface area contributed by atoms with E-state index in [2.05, 4.69) is 32.6 Å².